The molecule has 17 heavy (non-hydrogen) atoms. The van der Waals surface area contributed by atoms with Gasteiger partial charge in [-0.05, 0) is 25.7 Å². The molecule has 0 fully saturated rings. The third-order valence-electron chi connectivity index (χ3n) is 2.38. The first-order valence-electron chi connectivity index (χ1n) is 5.96. The molecule has 0 aromatic carbocycles. The van der Waals surface area contributed by atoms with E-state index in [2.05, 4.69) is 11.3 Å². The summed E-state index contributed by atoms with van der Waals surface area (Å²) in [6, 6.07) is -0.0630. The van der Waals surface area contributed by atoms with Crippen molar-refractivity contribution in [2.75, 3.05) is 13.2 Å². The maximum atomic E-state index is 11.7. The minimum Gasteiger partial charge on any atom is -0.372 e. The van der Waals surface area contributed by atoms with E-state index in [0.29, 0.717) is 6.42 Å². The van der Waals surface area contributed by atoms with Gasteiger partial charge in [0.15, 0.2) is 0 Å². The van der Waals surface area contributed by atoms with Gasteiger partial charge in [-0.2, -0.15) is 13.2 Å². The lowest BCUT2D eigenvalue weighted by Crippen LogP contribution is -2.24. The molecule has 0 amide bonds. The zero-order chi connectivity index (χ0) is 13.1. The van der Waals surface area contributed by atoms with E-state index in [9.17, 15) is 13.2 Å². The number of rotatable bonds is 10. The summed E-state index contributed by atoms with van der Waals surface area (Å²) >= 11 is 0. The highest BCUT2D eigenvalue weighted by atomic mass is 19.4. The molecule has 0 radical (unpaired) electrons. The van der Waals surface area contributed by atoms with E-state index < -0.39 is 12.8 Å². The molecule has 2 N–H and O–H groups in total. The standard InChI is InChI=1S/C12H22F3NO/c1-2-3-4-5-6-7-11(16)8-9-17-10-12(13,14)15/h2,11H,1,3-10,16H2. The molecule has 0 aromatic rings. The van der Waals surface area contributed by atoms with Gasteiger partial charge in [-0.1, -0.05) is 18.9 Å². The maximum Gasteiger partial charge on any atom is 0.411 e. The predicted molar refractivity (Wildman–Crippen MR) is 62.7 cm³/mol. The lowest BCUT2D eigenvalue weighted by Gasteiger charge is -2.12. The smallest absolute Gasteiger partial charge is 0.372 e. The lowest BCUT2D eigenvalue weighted by atomic mass is 10.1. The second-order valence-corrected chi connectivity index (χ2v) is 4.14. The molecule has 1 atom stereocenters. The van der Waals surface area contributed by atoms with Crippen LogP contribution in [-0.2, 0) is 4.74 Å². The number of hydrogen-bond donors (Lipinski definition) is 1. The molecule has 0 aliphatic heterocycles. The summed E-state index contributed by atoms with van der Waals surface area (Å²) in [6.07, 6.45) is 3.16. The third-order valence-corrected chi connectivity index (χ3v) is 2.38. The van der Waals surface area contributed by atoms with Crippen LogP contribution in [0.25, 0.3) is 0 Å². The summed E-state index contributed by atoms with van der Waals surface area (Å²) in [5.41, 5.74) is 5.76. The number of alkyl halides is 3. The second kappa shape index (κ2) is 9.48. The largest absolute Gasteiger partial charge is 0.411 e. The second-order valence-electron chi connectivity index (χ2n) is 4.14. The van der Waals surface area contributed by atoms with E-state index in [-0.39, 0.29) is 12.6 Å². The summed E-state index contributed by atoms with van der Waals surface area (Å²) in [6.45, 7) is 2.53. The highest BCUT2D eigenvalue weighted by molar-refractivity contribution is 4.66. The Morgan fingerprint density at radius 2 is 1.88 bits per heavy atom. The summed E-state index contributed by atoms with van der Waals surface area (Å²) in [4.78, 5) is 0. The van der Waals surface area contributed by atoms with E-state index in [1.165, 1.54) is 0 Å². The van der Waals surface area contributed by atoms with E-state index in [4.69, 9.17) is 5.73 Å². The van der Waals surface area contributed by atoms with Crippen molar-refractivity contribution in [1.29, 1.82) is 0 Å². The van der Waals surface area contributed by atoms with Crippen LogP contribution in [0, 0.1) is 0 Å². The van der Waals surface area contributed by atoms with Gasteiger partial charge in [-0.15, -0.1) is 6.58 Å². The molecular weight excluding hydrogens is 231 g/mol. The van der Waals surface area contributed by atoms with Crippen LogP contribution >= 0.6 is 0 Å². The zero-order valence-electron chi connectivity index (χ0n) is 10.1. The van der Waals surface area contributed by atoms with Crippen molar-refractivity contribution in [1.82, 2.24) is 0 Å². The van der Waals surface area contributed by atoms with E-state index in [1.54, 1.807) is 0 Å². The molecule has 102 valence electrons. The van der Waals surface area contributed by atoms with Gasteiger partial charge in [-0.3, -0.25) is 0 Å². The van der Waals surface area contributed by atoms with E-state index >= 15 is 0 Å². The Balaban J connectivity index is 3.28. The van der Waals surface area contributed by atoms with Crippen molar-refractivity contribution in [3.05, 3.63) is 12.7 Å². The molecule has 0 heterocycles. The number of halogens is 3. The summed E-state index contributed by atoms with van der Waals surface area (Å²) in [7, 11) is 0. The highest BCUT2D eigenvalue weighted by Crippen LogP contribution is 2.14. The van der Waals surface area contributed by atoms with Crippen molar-refractivity contribution in [3.8, 4) is 0 Å². The van der Waals surface area contributed by atoms with Gasteiger partial charge in [0, 0.05) is 12.6 Å². The zero-order valence-corrected chi connectivity index (χ0v) is 10.1. The lowest BCUT2D eigenvalue weighted by molar-refractivity contribution is -0.174. The first-order valence-corrected chi connectivity index (χ1v) is 5.96. The van der Waals surface area contributed by atoms with Crippen LogP contribution in [0.2, 0.25) is 0 Å². The fourth-order valence-electron chi connectivity index (χ4n) is 1.44. The number of unbranched alkanes of at least 4 members (excludes halogenated alkanes) is 3. The van der Waals surface area contributed by atoms with Gasteiger partial charge in [0.2, 0.25) is 0 Å². The van der Waals surface area contributed by atoms with Crippen LogP contribution in [0.1, 0.15) is 38.5 Å². The van der Waals surface area contributed by atoms with Crippen molar-refractivity contribution in [2.45, 2.75) is 50.7 Å². The molecule has 1 unspecified atom stereocenters. The van der Waals surface area contributed by atoms with Gasteiger partial charge < -0.3 is 10.5 Å². The Bertz CT molecular complexity index is 195. The van der Waals surface area contributed by atoms with Gasteiger partial charge in [0.05, 0.1) is 0 Å². The Morgan fingerprint density at radius 3 is 2.47 bits per heavy atom. The van der Waals surface area contributed by atoms with E-state index in [1.807, 2.05) is 6.08 Å². The average Bonchev–Trinajstić information content (AvgIpc) is 2.23. The Labute approximate surface area is 101 Å². The van der Waals surface area contributed by atoms with Crippen molar-refractivity contribution < 1.29 is 17.9 Å². The first kappa shape index (κ1) is 16.4. The molecule has 0 bridgehead atoms. The Kier molecular flexibility index (Phi) is 9.17. The van der Waals surface area contributed by atoms with Crippen molar-refractivity contribution in [2.24, 2.45) is 5.73 Å². The van der Waals surface area contributed by atoms with Crippen LogP contribution in [-0.4, -0.2) is 25.4 Å². The van der Waals surface area contributed by atoms with Crippen LogP contribution in [0.15, 0.2) is 12.7 Å². The molecule has 0 saturated heterocycles. The van der Waals surface area contributed by atoms with Gasteiger partial charge in [0.1, 0.15) is 6.61 Å². The maximum absolute atomic E-state index is 11.7. The first-order chi connectivity index (χ1) is 7.95. The molecule has 0 spiro atoms. The molecule has 0 aromatic heterocycles. The fourth-order valence-corrected chi connectivity index (χ4v) is 1.44. The van der Waals surface area contributed by atoms with Crippen LogP contribution in [0.3, 0.4) is 0 Å². The van der Waals surface area contributed by atoms with Crippen molar-refractivity contribution in [3.63, 3.8) is 0 Å². The summed E-state index contributed by atoms with van der Waals surface area (Å²) in [5, 5.41) is 0. The summed E-state index contributed by atoms with van der Waals surface area (Å²) < 4.78 is 39.7. The minimum atomic E-state index is -4.24. The van der Waals surface area contributed by atoms with Crippen LogP contribution in [0.5, 0.6) is 0 Å². The SMILES string of the molecule is C=CCCCCCC(N)CCOCC(F)(F)F. The normalized spacial score (nSPS) is 13.6. The number of nitrogens with two attached hydrogens (primary N) is 1. The minimum absolute atomic E-state index is 0.0630. The molecule has 0 aliphatic carbocycles. The number of hydrogen-bond acceptors (Lipinski definition) is 2. The van der Waals surface area contributed by atoms with Gasteiger partial charge in [0.25, 0.3) is 0 Å². The predicted octanol–water partition coefficient (Wildman–Crippen LogP) is 3.42. The third kappa shape index (κ3) is 13.4. The highest BCUT2D eigenvalue weighted by Gasteiger charge is 2.27. The molecule has 2 nitrogen and oxygen atoms in total. The molecule has 5 heteroatoms. The van der Waals surface area contributed by atoms with Crippen LogP contribution < -0.4 is 5.73 Å². The molecule has 0 saturated carbocycles. The fraction of sp³-hybridized carbons (Fsp3) is 0.833. The molecule has 0 rings (SSSR count). The monoisotopic (exact) mass is 253 g/mol. The summed E-state index contributed by atoms with van der Waals surface area (Å²) in [5.74, 6) is 0. The Hall–Kier alpha value is -0.550. The average molecular weight is 253 g/mol. The van der Waals surface area contributed by atoms with Crippen molar-refractivity contribution >= 4 is 0 Å². The van der Waals surface area contributed by atoms with Crippen LogP contribution in [0.4, 0.5) is 13.2 Å². The topological polar surface area (TPSA) is 35.2 Å². The molecular formula is C12H22F3NO. The Morgan fingerprint density at radius 1 is 1.18 bits per heavy atom. The van der Waals surface area contributed by atoms with E-state index in [0.717, 1.165) is 32.1 Å². The molecule has 0 aliphatic rings. The number of allylic oxidation sites excluding steroid dienone is 1. The number of ether oxygens (including phenoxy) is 1. The van der Waals surface area contributed by atoms with Gasteiger partial charge >= 0.3 is 6.18 Å². The quantitative estimate of drug-likeness (QED) is 0.478. The van der Waals surface area contributed by atoms with Gasteiger partial charge in [-0.25, -0.2) is 0 Å².